The topological polar surface area (TPSA) is 0 Å². The summed E-state index contributed by atoms with van der Waals surface area (Å²) in [4.78, 5) is 0. The van der Waals surface area contributed by atoms with Gasteiger partial charge in [0.2, 0.25) is 0 Å². The summed E-state index contributed by atoms with van der Waals surface area (Å²) in [6.45, 7) is 37.8. The first-order chi connectivity index (χ1) is 15.4. The molecule has 0 aliphatic rings. The molecule has 0 heterocycles. The zero-order chi connectivity index (χ0) is 27.4. The molecule has 1 unspecified atom stereocenters. The summed E-state index contributed by atoms with van der Waals surface area (Å²) in [5.41, 5.74) is 11.1. The maximum atomic E-state index is 2.52. The van der Waals surface area contributed by atoms with E-state index in [0.29, 0.717) is 5.92 Å². The normalized spacial score (nSPS) is 14.9. The monoisotopic (exact) mass is 476 g/mol. The molecular formula is C35H56. The number of hydrogen-bond donors (Lipinski definition) is 0. The lowest BCUT2D eigenvalue weighted by Gasteiger charge is -2.36. The zero-order valence-electron chi connectivity index (χ0n) is 26.2. The van der Waals surface area contributed by atoms with Crippen molar-refractivity contribution in [1.29, 1.82) is 0 Å². The second-order valence-electron chi connectivity index (χ2n) is 16.2. The van der Waals surface area contributed by atoms with Crippen molar-refractivity contribution in [2.75, 3.05) is 0 Å². The fraction of sp³-hybridized carbons (Fsp3) is 0.657. The number of benzene rings is 2. The maximum absolute atomic E-state index is 2.52. The van der Waals surface area contributed by atoms with E-state index >= 15 is 0 Å². The molecule has 0 amide bonds. The Kier molecular flexibility index (Phi) is 7.96. The standard InChI is InChI=1S/C35H56/c1-23(19-24-17-18-26(32(5,6)7)27(20-24)33(8,9)10)30-28(34(11,12)13)21-25(31(2,3)4)22-29(30)35(14,15)16/h17-18,20-23H,19H2,1-16H3. The summed E-state index contributed by atoms with van der Waals surface area (Å²) in [5.74, 6) is 0.445. The van der Waals surface area contributed by atoms with E-state index in [4.69, 9.17) is 0 Å². The van der Waals surface area contributed by atoms with Crippen LogP contribution in [-0.4, -0.2) is 0 Å². The highest BCUT2D eigenvalue weighted by Crippen LogP contribution is 2.43. The molecule has 35 heavy (non-hydrogen) atoms. The van der Waals surface area contributed by atoms with Gasteiger partial charge >= 0.3 is 0 Å². The fourth-order valence-electron chi connectivity index (χ4n) is 5.31. The predicted molar refractivity (Wildman–Crippen MR) is 159 cm³/mol. The third-order valence-electron chi connectivity index (χ3n) is 7.40. The molecule has 2 aromatic carbocycles. The van der Waals surface area contributed by atoms with Crippen molar-refractivity contribution in [3.05, 3.63) is 69.3 Å². The molecule has 1 atom stereocenters. The molecule has 0 aliphatic heterocycles. The summed E-state index contributed by atoms with van der Waals surface area (Å²) in [6, 6.07) is 12.3. The Hall–Kier alpha value is -1.56. The smallest absolute Gasteiger partial charge is 0.0129 e. The maximum Gasteiger partial charge on any atom is -0.0129 e. The van der Waals surface area contributed by atoms with Gasteiger partial charge in [-0.1, -0.05) is 141 Å². The average molecular weight is 477 g/mol. The minimum atomic E-state index is 0.0948. The molecule has 0 N–H and O–H groups in total. The highest BCUT2D eigenvalue weighted by atomic mass is 14.4. The summed E-state index contributed by atoms with van der Waals surface area (Å²) in [6.07, 6.45) is 1.06. The van der Waals surface area contributed by atoms with Gasteiger partial charge < -0.3 is 0 Å². The van der Waals surface area contributed by atoms with Crippen LogP contribution in [0.25, 0.3) is 0 Å². The van der Waals surface area contributed by atoms with E-state index in [1.165, 1.54) is 33.4 Å². The second kappa shape index (κ2) is 9.39. The van der Waals surface area contributed by atoms with E-state index < -0.39 is 0 Å². The van der Waals surface area contributed by atoms with Crippen molar-refractivity contribution in [2.24, 2.45) is 0 Å². The molecule has 196 valence electrons. The summed E-state index contributed by atoms with van der Waals surface area (Å²) in [7, 11) is 0. The lowest BCUT2D eigenvalue weighted by Crippen LogP contribution is -2.26. The van der Waals surface area contributed by atoms with Gasteiger partial charge in [-0.05, 0) is 78.4 Å². The molecular weight excluding hydrogens is 420 g/mol. The van der Waals surface area contributed by atoms with Crippen LogP contribution >= 0.6 is 0 Å². The minimum Gasteiger partial charge on any atom is -0.0587 e. The van der Waals surface area contributed by atoms with Crippen LogP contribution in [0, 0.1) is 0 Å². The Morgan fingerprint density at radius 3 is 1.23 bits per heavy atom. The van der Waals surface area contributed by atoms with Crippen LogP contribution in [0.15, 0.2) is 30.3 Å². The molecule has 0 aliphatic carbocycles. The van der Waals surface area contributed by atoms with Crippen LogP contribution in [0.1, 0.15) is 156 Å². The van der Waals surface area contributed by atoms with Crippen LogP contribution < -0.4 is 0 Å². The van der Waals surface area contributed by atoms with E-state index in [1.807, 2.05) is 0 Å². The minimum absolute atomic E-state index is 0.0948. The molecule has 0 saturated heterocycles. The van der Waals surface area contributed by atoms with E-state index in [2.05, 4.69) is 141 Å². The van der Waals surface area contributed by atoms with Gasteiger partial charge in [0, 0.05) is 0 Å². The second-order valence-corrected chi connectivity index (χ2v) is 16.2. The molecule has 0 heteroatoms. The number of hydrogen-bond acceptors (Lipinski definition) is 0. The Labute approximate surface area is 219 Å². The lowest BCUT2D eigenvalue weighted by atomic mass is 9.69. The molecule has 0 spiro atoms. The largest absolute Gasteiger partial charge is 0.0587 e. The average Bonchev–Trinajstić information content (AvgIpc) is 2.63. The van der Waals surface area contributed by atoms with Crippen molar-refractivity contribution in [3.63, 3.8) is 0 Å². The molecule has 2 aromatic rings. The van der Waals surface area contributed by atoms with Gasteiger partial charge in [-0.25, -0.2) is 0 Å². The molecule has 0 radical (unpaired) electrons. The molecule has 0 saturated carbocycles. The molecule has 0 bridgehead atoms. The van der Waals surface area contributed by atoms with Gasteiger partial charge in [0.1, 0.15) is 0 Å². The Bertz CT molecular complexity index is 993. The van der Waals surface area contributed by atoms with Crippen molar-refractivity contribution in [1.82, 2.24) is 0 Å². The SMILES string of the molecule is CC(Cc1ccc(C(C)(C)C)c(C(C)(C)C)c1)c1c(C(C)(C)C)cc(C(C)(C)C)cc1C(C)(C)C. The molecule has 2 rings (SSSR count). The van der Waals surface area contributed by atoms with Gasteiger partial charge in [-0.3, -0.25) is 0 Å². The Balaban J connectivity index is 2.73. The third kappa shape index (κ3) is 7.02. The zero-order valence-corrected chi connectivity index (χ0v) is 26.2. The van der Waals surface area contributed by atoms with Crippen molar-refractivity contribution in [3.8, 4) is 0 Å². The van der Waals surface area contributed by atoms with Crippen molar-refractivity contribution in [2.45, 2.75) is 150 Å². The number of rotatable bonds is 3. The van der Waals surface area contributed by atoms with Gasteiger partial charge in [-0.2, -0.15) is 0 Å². The third-order valence-corrected chi connectivity index (χ3v) is 7.40. The fourth-order valence-corrected chi connectivity index (χ4v) is 5.31. The van der Waals surface area contributed by atoms with Crippen molar-refractivity contribution >= 4 is 0 Å². The van der Waals surface area contributed by atoms with Crippen LogP contribution in [0.2, 0.25) is 0 Å². The summed E-state index contributed by atoms with van der Waals surface area (Å²) >= 11 is 0. The first kappa shape index (κ1) is 29.7. The first-order valence-corrected chi connectivity index (χ1v) is 13.8. The molecule has 0 nitrogen and oxygen atoms in total. The highest BCUT2D eigenvalue weighted by molar-refractivity contribution is 5.50. The Morgan fingerprint density at radius 2 is 0.886 bits per heavy atom. The van der Waals surface area contributed by atoms with Gasteiger partial charge in [-0.15, -0.1) is 0 Å². The Morgan fingerprint density at radius 1 is 0.486 bits per heavy atom. The van der Waals surface area contributed by atoms with E-state index in [-0.39, 0.29) is 27.1 Å². The van der Waals surface area contributed by atoms with Crippen LogP contribution in [0.5, 0.6) is 0 Å². The van der Waals surface area contributed by atoms with Crippen LogP contribution in [0.4, 0.5) is 0 Å². The lowest BCUT2D eigenvalue weighted by molar-refractivity contribution is 0.523. The summed E-state index contributed by atoms with van der Waals surface area (Å²) < 4.78 is 0. The quantitative estimate of drug-likeness (QED) is 0.413. The van der Waals surface area contributed by atoms with Gasteiger partial charge in [0.15, 0.2) is 0 Å². The molecule has 0 aromatic heterocycles. The van der Waals surface area contributed by atoms with E-state index in [1.54, 1.807) is 5.56 Å². The van der Waals surface area contributed by atoms with Crippen LogP contribution in [-0.2, 0) is 33.5 Å². The van der Waals surface area contributed by atoms with Gasteiger partial charge in [0.05, 0.1) is 0 Å². The van der Waals surface area contributed by atoms with Crippen molar-refractivity contribution < 1.29 is 0 Å². The predicted octanol–water partition coefficient (Wildman–Crippen LogP) is 10.5. The molecule has 0 fully saturated rings. The van der Waals surface area contributed by atoms with Crippen LogP contribution in [0.3, 0.4) is 0 Å². The van der Waals surface area contributed by atoms with E-state index in [9.17, 15) is 0 Å². The van der Waals surface area contributed by atoms with E-state index in [0.717, 1.165) is 6.42 Å². The van der Waals surface area contributed by atoms with Gasteiger partial charge in [0.25, 0.3) is 0 Å². The summed E-state index contributed by atoms with van der Waals surface area (Å²) in [5, 5.41) is 0. The highest BCUT2D eigenvalue weighted by Gasteiger charge is 2.32. The first-order valence-electron chi connectivity index (χ1n) is 13.8.